The van der Waals surface area contributed by atoms with Crippen LogP contribution in [-0.4, -0.2) is 34.0 Å². The van der Waals surface area contributed by atoms with Gasteiger partial charge in [0.05, 0.1) is 12.0 Å². The van der Waals surface area contributed by atoms with Crippen LogP contribution in [0.25, 0.3) is 0 Å². The lowest BCUT2D eigenvalue weighted by molar-refractivity contribution is -0.143. The van der Waals surface area contributed by atoms with Gasteiger partial charge in [0.25, 0.3) is 0 Å². The third-order valence-electron chi connectivity index (χ3n) is 4.45. The average molecular weight is 314 g/mol. The molecule has 1 saturated heterocycles. The van der Waals surface area contributed by atoms with Crippen molar-refractivity contribution in [2.24, 2.45) is 5.92 Å². The van der Waals surface area contributed by atoms with Gasteiger partial charge in [-0.25, -0.2) is 4.39 Å². The normalized spacial score (nSPS) is 17.8. The molecule has 2 heterocycles. The minimum atomic E-state index is -0.716. The molecule has 0 saturated carbocycles. The van der Waals surface area contributed by atoms with Crippen LogP contribution in [0.2, 0.25) is 0 Å². The van der Waals surface area contributed by atoms with Gasteiger partial charge < -0.3 is 5.11 Å². The number of hydrogen-bond acceptors (Lipinski definition) is 3. The van der Waals surface area contributed by atoms with Gasteiger partial charge in [-0.3, -0.25) is 14.7 Å². The molecule has 1 aliphatic rings. The summed E-state index contributed by atoms with van der Waals surface area (Å²) in [6, 6.07) is 10.4. The zero-order valence-corrected chi connectivity index (χ0v) is 12.7. The number of halogens is 1. The number of aromatic nitrogens is 1. The molecule has 1 atom stereocenters. The van der Waals surface area contributed by atoms with E-state index in [1.54, 1.807) is 24.5 Å². The third-order valence-corrected chi connectivity index (χ3v) is 4.45. The predicted octanol–water partition coefficient (Wildman–Crippen LogP) is 3.11. The van der Waals surface area contributed by atoms with Gasteiger partial charge in [-0.2, -0.15) is 0 Å². The highest BCUT2D eigenvalue weighted by Gasteiger charge is 2.30. The van der Waals surface area contributed by atoms with Crippen molar-refractivity contribution in [3.8, 4) is 0 Å². The minimum absolute atomic E-state index is 0.00616. The fraction of sp³-hybridized carbons (Fsp3) is 0.333. The summed E-state index contributed by atoms with van der Waals surface area (Å²) in [6.45, 7) is 1.42. The lowest BCUT2D eigenvalue weighted by Gasteiger charge is -2.37. The van der Waals surface area contributed by atoms with Crippen LogP contribution < -0.4 is 0 Å². The van der Waals surface area contributed by atoms with Crippen LogP contribution in [0.3, 0.4) is 0 Å². The molecule has 0 bridgehead atoms. The third kappa shape index (κ3) is 3.56. The van der Waals surface area contributed by atoms with Crippen molar-refractivity contribution in [1.82, 2.24) is 9.88 Å². The minimum Gasteiger partial charge on any atom is -0.481 e. The molecular formula is C18H19FN2O2. The van der Waals surface area contributed by atoms with Crippen LogP contribution in [-0.2, 0) is 4.79 Å². The number of pyridine rings is 1. The first-order chi connectivity index (χ1) is 11.1. The average Bonchev–Trinajstić information content (AvgIpc) is 2.58. The molecular weight excluding hydrogens is 295 g/mol. The van der Waals surface area contributed by atoms with Crippen LogP contribution in [0.5, 0.6) is 0 Å². The first-order valence-electron chi connectivity index (χ1n) is 7.77. The summed E-state index contributed by atoms with van der Waals surface area (Å²) in [5.41, 5.74) is 2.09. The summed E-state index contributed by atoms with van der Waals surface area (Å²) >= 11 is 0. The molecule has 23 heavy (non-hydrogen) atoms. The van der Waals surface area contributed by atoms with E-state index in [4.69, 9.17) is 5.11 Å². The predicted molar refractivity (Wildman–Crippen MR) is 84.4 cm³/mol. The Bertz CT molecular complexity index is 652. The maximum Gasteiger partial charge on any atom is 0.306 e. The molecule has 2 aromatic rings. The standard InChI is InChI=1S/C18H19FN2O2/c19-16-3-1-13(2-4-16)17(14-5-9-20-10-6-14)21-11-7-15(8-12-21)18(22)23/h1-6,9-10,15,17H,7-8,11-12H2,(H,22,23). The van der Waals surface area contributed by atoms with Gasteiger partial charge in [0.2, 0.25) is 0 Å². The Morgan fingerprint density at radius 2 is 1.65 bits per heavy atom. The Morgan fingerprint density at radius 1 is 1.09 bits per heavy atom. The quantitative estimate of drug-likeness (QED) is 0.942. The van der Waals surface area contributed by atoms with Crippen molar-refractivity contribution < 1.29 is 14.3 Å². The maximum absolute atomic E-state index is 13.2. The SMILES string of the molecule is O=C(O)C1CCN(C(c2ccncc2)c2ccc(F)cc2)CC1. The number of carboxylic acid groups (broad SMARTS) is 1. The van der Waals surface area contributed by atoms with Crippen molar-refractivity contribution in [3.05, 3.63) is 65.7 Å². The number of hydrogen-bond donors (Lipinski definition) is 1. The lowest BCUT2D eigenvalue weighted by Crippen LogP contribution is -2.39. The summed E-state index contributed by atoms with van der Waals surface area (Å²) in [5.74, 6) is -1.24. The molecule has 5 heteroatoms. The van der Waals surface area contributed by atoms with E-state index in [2.05, 4.69) is 9.88 Å². The Labute approximate surface area is 134 Å². The monoisotopic (exact) mass is 314 g/mol. The van der Waals surface area contributed by atoms with E-state index in [1.807, 2.05) is 12.1 Å². The molecule has 1 aromatic heterocycles. The van der Waals surface area contributed by atoms with Gasteiger partial charge in [0.1, 0.15) is 5.82 Å². The summed E-state index contributed by atoms with van der Waals surface area (Å²) in [5, 5.41) is 9.16. The second-order valence-corrected chi connectivity index (χ2v) is 5.88. The van der Waals surface area contributed by atoms with E-state index in [0.717, 1.165) is 11.1 Å². The molecule has 0 amide bonds. The molecule has 1 fully saturated rings. The maximum atomic E-state index is 13.2. The molecule has 0 aliphatic carbocycles. The van der Waals surface area contributed by atoms with Crippen LogP contribution in [0.4, 0.5) is 4.39 Å². The van der Waals surface area contributed by atoms with E-state index >= 15 is 0 Å². The first kappa shape index (κ1) is 15.6. The lowest BCUT2D eigenvalue weighted by atomic mass is 9.91. The summed E-state index contributed by atoms with van der Waals surface area (Å²) in [6.07, 6.45) is 4.77. The number of piperidine rings is 1. The van der Waals surface area contributed by atoms with Gasteiger partial charge in [0.15, 0.2) is 0 Å². The van der Waals surface area contributed by atoms with Crippen molar-refractivity contribution in [2.45, 2.75) is 18.9 Å². The first-order valence-corrected chi connectivity index (χ1v) is 7.77. The van der Waals surface area contributed by atoms with Gasteiger partial charge in [-0.05, 0) is 61.3 Å². The van der Waals surface area contributed by atoms with Crippen LogP contribution in [0.1, 0.15) is 30.0 Å². The van der Waals surface area contributed by atoms with Gasteiger partial charge in [0, 0.05) is 12.4 Å². The number of likely N-dealkylation sites (tertiary alicyclic amines) is 1. The Balaban J connectivity index is 1.87. The van der Waals surface area contributed by atoms with Crippen molar-refractivity contribution in [3.63, 3.8) is 0 Å². The fourth-order valence-corrected chi connectivity index (χ4v) is 3.21. The molecule has 1 unspecified atom stereocenters. The largest absolute Gasteiger partial charge is 0.481 e. The number of aliphatic carboxylic acids is 1. The highest BCUT2D eigenvalue weighted by atomic mass is 19.1. The molecule has 0 spiro atoms. The van der Waals surface area contributed by atoms with E-state index in [9.17, 15) is 9.18 Å². The summed E-state index contributed by atoms with van der Waals surface area (Å²) < 4.78 is 13.2. The number of carbonyl (C=O) groups is 1. The smallest absolute Gasteiger partial charge is 0.306 e. The Kier molecular flexibility index (Phi) is 4.67. The van der Waals surface area contributed by atoms with Gasteiger partial charge in [-0.1, -0.05) is 12.1 Å². The van der Waals surface area contributed by atoms with Crippen LogP contribution in [0, 0.1) is 11.7 Å². The van der Waals surface area contributed by atoms with E-state index in [-0.39, 0.29) is 17.8 Å². The summed E-state index contributed by atoms with van der Waals surface area (Å²) in [4.78, 5) is 17.5. The second kappa shape index (κ2) is 6.87. The number of benzene rings is 1. The van der Waals surface area contributed by atoms with Crippen molar-refractivity contribution >= 4 is 5.97 Å². The number of carboxylic acids is 1. The molecule has 4 nitrogen and oxygen atoms in total. The van der Waals surface area contributed by atoms with Gasteiger partial charge in [-0.15, -0.1) is 0 Å². The highest BCUT2D eigenvalue weighted by Crippen LogP contribution is 2.32. The summed E-state index contributed by atoms with van der Waals surface area (Å²) in [7, 11) is 0. The van der Waals surface area contributed by atoms with Crippen molar-refractivity contribution in [1.29, 1.82) is 0 Å². The molecule has 0 radical (unpaired) electrons. The Morgan fingerprint density at radius 3 is 2.22 bits per heavy atom. The second-order valence-electron chi connectivity index (χ2n) is 5.88. The van der Waals surface area contributed by atoms with E-state index in [1.165, 1.54) is 12.1 Å². The zero-order valence-electron chi connectivity index (χ0n) is 12.7. The molecule has 1 N–H and O–H groups in total. The Hall–Kier alpha value is -2.27. The van der Waals surface area contributed by atoms with Crippen molar-refractivity contribution in [2.75, 3.05) is 13.1 Å². The number of nitrogens with zero attached hydrogens (tertiary/aromatic N) is 2. The zero-order chi connectivity index (χ0) is 16.2. The number of rotatable bonds is 4. The molecule has 3 rings (SSSR count). The topological polar surface area (TPSA) is 53.4 Å². The molecule has 120 valence electrons. The van der Waals surface area contributed by atoms with Gasteiger partial charge >= 0.3 is 5.97 Å². The highest BCUT2D eigenvalue weighted by molar-refractivity contribution is 5.70. The molecule has 1 aliphatic heterocycles. The van der Waals surface area contributed by atoms with Crippen LogP contribution in [0.15, 0.2) is 48.8 Å². The van der Waals surface area contributed by atoms with E-state index in [0.29, 0.717) is 25.9 Å². The van der Waals surface area contributed by atoms with E-state index < -0.39 is 5.97 Å². The molecule has 1 aromatic carbocycles. The fourth-order valence-electron chi connectivity index (χ4n) is 3.21. The van der Waals surface area contributed by atoms with Crippen LogP contribution >= 0.6 is 0 Å².